The molecule has 2 N–H and O–H groups in total. The Labute approximate surface area is 132 Å². The first-order chi connectivity index (χ1) is 10.9. The van der Waals surface area contributed by atoms with Crippen LogP contribution >= 0.6 is 0 Å². The van der Waals surface area contributed by atoms with Crippen molar-refractivity contribution in [1.29, 1.82) is 0 Å². The first kappa shape index (κ1) is 17.1. The Kier molecular flexibility index (Phi) is 5.41. The number of aryl methyl sites for hydroxylation is 1. The fourth-order valence-corrected chi connectivity index (χ4v) is 2.29. The lowest BCUT2D eigenvalue weighted by molar-refractivity contribution is -0.138. The summed E-state index contributed by atoms with van der Waals surface area (Å²) in [4.78, 5) is 11.9. The van der Waals surface area contributed by atoms with Gasteiger partial charge in [-0.15, -0.1) is 0 Å². The van der Waals surface area contributed by atoms with Gasteiger partial charge in [-0.3, -0.25) is 9.89 Å². The van der Waals surface area contributed by atoms with E-state index in [-0.39, 0.29) is 24.2 Å². The third-order valence-electron chi connectivity index (χ3n) is 3.39. The van der Waals surface area contributed by atoms with Crippen molar-refractivity contribution in [3.05, 3.63) is 52.8 Å². The molecule has 1 amide bonds. The van der Waals surface area contributed by atoms with E-state index in [1.165, 1.54) is 12.1 Å². The van der Waals surface area contributed by atoms with Gasteiger partial charge < -0.3 is 5.32 Å². The second-order valence-electron chi connectivity index (χ2n) is 5.19. The summed E-state index contributed by atoms with van der Waals surface area (Å²) in [5, 5.41) is 9.26. The van der Waals surface area contributed by atoms with Gasteiger partial charge in [0.25, 0.3) is 5.91 Å². The molecule has 0 unspecified atom stereocenters. The van der Waals surface area contributed by atoms with E-state index in [1.54, 1.807) is 12.1 Å². The Bertz CT molecular complexity index is 665. The number of rotatable bonds is 6. The average molecular weight is 325 g/mol. The van der Waals surface area contributed by atoms with Crippen molar-refractivity contribution in [3.63, 3.8) is 0 Å². The highest BCUT2D eigenvalue weighted by atomic mass is 19.4. The van der Waals surface area contributed by atoms with Crippen molar-refractivity contribution >= 4 is 5.91 Å². The lowest BCUT2D eigenvalue weighted by Crippen LogP contribution is -2.26. The van der Waals surface area contributed by atoms with E-state index in [0.717, 1.165) is 24.6 Å². The largest absolute Gasteiger partial charge is 0.416 e. The number of aromatic amines is 1. The predicted octanol–water partition coefficient (Wildman–Crippen LogP) is 3.35. The number of nitrogens with zero attached hydrogens (tertiary/aromatic N) is 1. The maximum Gasteiger partial charge on any atom is 0.416 e. The minimum Gasteiger partial charge on any atom is -0.350 e. The monoisotopic (exact) mass is 325 g/mol. The second-order valence-corrected chi connectivity index (χ2v) is 5.19. The third-order valence-corrected chi connectivity index (χ3v) is 3.39. The molecule has 23 heavy (non-hydrogen) atoms. The Hall–Kier alpha value is -2.31. The summed E-state index contributed by atoms with van der Waals surface area (Å²) in [6.07, 6.45) is -2.57. The molecule has 0 spiro atoms. The molecule has 2 rings (SSSR count). The van der Waals surface area contributed by atoms with Gasteiger partial charge in [-0.1, -0.05) is 31.5 Å². The molecule has 0 radical (unpaired) electrons. The number of carbonyl (C=O) groups excluding carboxylic acids is 1. The molecule has 124 valence electrons. The molecular formula is C16H18F3N3O. The Morgan fingerprint density at radius 3 is 2.70 bits per heavy atom. The number of alkyl halides is 3. The molecule has 0 aliphatic heterocycles. The van der Waals surface area contributed by atoms with Gasteiger partial charge in [0.2, 0.25) is 0 Å². The third kappa shape index (κ3) is 4.58. The number of aromatic nitrogens is 2. The molecule has 0 aliphatic carbocycles. The van der Waals surface area contributed by atoms with E-state index in [1.807, 2.05) is 6.92 Å². The van der Waals surface area contributed by atoms with Crippen molar-refractivity contribution in [1.82, 2.24) is 15.5 Å². The number of benzene rings is 1. The van der Waals surface area contributed by atoms with Crippen LogP contribution in [0.15, 0.2) is 30.3 Å². The summed E-state index contributed by atoms with van der Waals surface area (Å²) in [7, 11) is 0. The van der Waals surface area contributed by atoms with Crippen LogP contribution in [0.4, 0.5) is 13.2 Å². The molecular weight excluding hydrogens is 307 g/mol. The van der Waals surface area contributed by atoms with Gasteiger partial charge in [0.15, 0.2) is 0 Å². The van der Waals surface area contributed by atoms with E-state index in [0.29, 0.717) is 0 Å². The predicted molar refractivity (Wildman–Crippen MR) is 80.1 cm³/mol. The lowest BCUT2D eigenvalue weighted by Gasteiger charge is -2.12. The van der Waals surface area contributed by atoms with Crippen molar-refractivity contribution in [3.8, 4) is 0 Å². The van der Waals surface area contributed by atoms with Gasteiger partial charge in [-0.25, -0.2) is 0 Å². The molecule has 4 nitrogen and oxygen atoms in total. The van der Waals surface area contributed by atoms with Gasteiger partial charge in [-0.2, -0.15) is 18.3 Å². The summed E-state index contributed by atoms with van der Waals surface area (Å²) in [5.41, 5.74) is 0.603. The number of nitrogens with one attached hydrogen (secondary N) is 2. The van der Waals surface area contributed by atoms with Crippen LogP contribution in [0.3, 0.4) is 0 Å². The van der Waals surface area contributed by atoms with E-state index in [9.17, 15) is 18.0 Å². The molecule has 0 aliphatic rings. The summed E-state index contributed by atoms with van der Waals surface area (Å²) in [5.74, 6) is -0.395. The van der Waals surface area contributed by atoms with Gasteiger partial charge in [0, 0.05) is 12.2 Å². The van der Waals surface area contributed by atoms with Crippen LogP contribution in [0.25, 0.3) is 0 Å². The second kappa shape index (κ2) is 7.30. The van der Waals surface area contributed by atoms with Crippen LogP contribution in [-0.4, -0.2) is 22.6 Å². The standard InChI is InChI=1S/C16H18F3N3O/c1-2-5-12-10-14(22-21-12)15(23)20-9-8-11-6-3-4-7-13(11)16(17,18)19/h3-4,6-7,10H,2,5,8-9H2,1H3,(H,20,23)(H,21,22). The number of carbonyl (C=O) groups is 1. The van der Waals surface area contributed by atoms with E-state index in [4.69, 9.17) is 0 Å². The highest BCUT2D eigenvalue weighted by Crippen LogP contribution is 2.31. The van der Waals surface area contributed by atoms with E-state index in [2.05, 4.69) is 15.5 Å². The molecule has 7 heteroatoms. The van der Waals surface area contributed by atoms with Gasteiger partial charge >= 0.3 is 6.18 Å². The molecule has 0 bridgehead atoms. The SMILES string of the molecule is CCCc1cc(C(=O)NCCc2ccccc2C(F)(F)F)n[nH]1. The number of hydrogen-bond donors (Lipinski definition) is 2. The highest BCUT2D eigenvalue weighted by molar-refractivity contribution is 5.92. The smallest absolute Gasteiger partial charge is 0.350 e. The average Bonchev–Trinajstić information content (AvgIpc) is 2.96. The number of H-pyrrole nitrogens is 1. The molecule has 1 heterocycles. The summed E-state index contributed by atoms with van der Waals surface area (Å²) in [6, 6.07) is 7.02. The number of halogens is 3. The first-order valence-electron chi connectivity index (χ1n) is 7.39. The Morgan fingerprint density at radius 1 is 1.26 bits per heavy atom. The molecule has 0 saturated heterocycles. The fourth-order valence-electron chi connectivity index (χ4n) is 2.29. The molecule has 0 saturated carbocycles. The maximum absolute atomic E-state index is 12.9. The van der Waals surface area contributed by atoms with Crippen LogP contribution < -0.4 is 5.32 Å². The first-order valence-corrected chi connectivity index (χ1v) is 7.39. The van der Waals surface area contributed by atoms with Crippen molar-refractivity contribution < 1.29 is 18.0 Å². The molecule has 1 aromatic heterocycles. The van der Waals surface area contributed by atoms with Crippen LogP contribution in [0, 0.1) is 0 Å². The number of hydrogen-bond acceptors (Lipinski definition) is 2. The summed E-state index contributed by atoms with van der Waals surface area (Å²) >= 11 is 0. The minimum absolute atomic E-state index is 0.105. The summed E-state index contributed by atoms with van der Waals surface area (Å²) in [6.45, 7) is 2.13. The highest BCUT2D eigenvalue weighted by Gasteiger charge is 2.32. The Balaban J connectivity index is 1.93. The van der Waals surface area contributed by atoms with Crippen molar-refractivity contribution in [2.24, 2.45) is 0 Å². The minimum atomic E-state index is -4.39. The van der Waals surface area contributed by atoms with Crippen molar-refractivity contribution in [2.45, 2.75) is 32.4 Å². The van der Waals surface area contributed by atoms with Crippen LogP contribution in [0.5, 0.6) is 0 Å². The zero-order valence-electron chi connectivity index (χ0n) is 12.7. The Morgan fingerprint density at radius 2 is 2.00 bits per heavy atom. The lowest BCUT2D eigenvalue weighted by atomic mass is 10.0. The van der Waals surface area contributed by atoms with Crippen LogP contribution in [0.2, 0.25) is 0 Å². The topological polar surface area (TPSA) is 57.8 Å². The van der Waals surface area contributed by atoms with Crippen LogP contribution in [-0.2, 0) is 19.0 Å². The van der Waals surface area contributed by atoms with Gasteiger partial charge in [-0.05, 0) is 30.5 Å². The fraction of sp³-hybridized carbons (Fsp3) is 0.375. The van der Waals surface area contributed by atoms with Gasteiger partial charge in [0.1, 0.15) is 5.69 Å². The molecule has 1 aromatic carbocycles. The molecule has 2 aromatic rings. The maximum atomic E-state index is 12.9. The molecule has 0 fully saturated rings. The van der Waals surface area contributed by atoms with Crippen LogP contribution in [0.1, 0.15) is 40.7 Å². The van der Waals surface area contributed by atoms with Gasteiger partial charge in [0.05, 0.1) is 5.56 Å². The van der Waals surface area contributed by atoms with E-state index < -0.39 is 17.6 Å². The summed E-state index contributed by atoms with van der Waals surface area (Å²) < 4.78 is 38.6. The molecule has 0 atom stereocenters. The normalized spacial score (nSPS) is 11.5. The zero-order valence-corrected chi connectivity index (χ0v) is 12.7. The quantitative estimate of drug-likeness (QED) is 0.856. The zero-order chi connectivity index (χ0) is 16.9. The van der Waals surface area contributed by atoms with Crippen molar-refractivity contribution in [2.75, 3.05) is 6.54 Å². The number of amides is 1. The van der Waals surface area contributed by atoms with E-state index >= 15 is 0 Å².